The third kappa shape index (κ3) is 5.06. The Bertz CT molecular complexity index is 1330. The van der Waals surface area contributed by atoms with E-state index >= 15 is 0 Å². The van der Waals surface area contributed by atoms with Crippen molar-refractivity contribution in [2.75, 3.05) is 31.5 Å². The number of nitrogens with one attached hydrogen (secondary N) is 1. The fraction of sp³-hybridized carbons (Fsp3) is 0.345. The van der Waals surface area contributed by atoms with Crippen molar-refractivity contribution in [1.29, 1.82) is 5.26 Å². The number of nitriles is 1. The SMILES string of the molecule is CCCc1nc2ccnn2c(NCCN2CCCC2)c1Cc1ccc(-c2ccccc2C#N)cc1. The van der Waals surface area contributed by atoms with Crippen molar-refractivity contribution in [3.63, 3.8) is 0 Å². The number of fused-ring (bicyclic) bond motifs is 1. The van der Waals surface area contributed by atoms with Crippen LogP contribution in [0.3, 0.4) is 0 Å². The Morgan fingerprint density at radius 1 is 1.03 bits per heavy atom. The summed E-state index contributed by atoms with van der Waals surface area (Å²) in [6.45, 7) is 6.53. The highest BCUT2D eigenvalue weighted by molar-refractivity contribution is 5.70. The van der Waals surface area contributed by atoms with Crippen LogP contribution in [0.25, 0.3) is 16.8 Å². The number of aromatic nitrogens is 3. The Balaban J connectivity index is 1.45. The minimum atomic E-state index is 0.698. The van der Waals surface area contributed by atoms with Crippen molar-refractivity contribution in [2.24, 2.45) is 0 Å². The summed E-state index contributed by atoms with van der Waals surface area (Å²) in [6, 6.07) is 20.6. The van der Waals surface area contributed by atoms with Gasteiger partial charge >= 0.3 is 0 Å². The molecule has 6 nitrogen and oxygen atoms in total. The van der Waals surface area contributed by atoms with Gasteiger partial charge in [-0.25, -0.2) is 4.98 Å². The molecule has 178 valence electrons. The molecule has 2 aromatic heterocycles. The Hall–Kier alpha value is -3.69. The number of nitrogens with zero attached hydrogens (tertiary/aromatic N) is 5. The summed E-state index contributed by atoms with van der Waals surface area (Å²) in [5, 5.41) is 17.8. The zero-order valence-electron chi connectivity index (χ0n) is 20.4. The normalized spacial score (nSPS) is 13.8. The fourth-order valence-corrected chi connectivity index (χ4v) is 5.01. The molecule has 2 aromatic carbocycles. The molecule has 0 unspecified atom stereocenters. The van der Waals surface area contributed by atoms with Crippen molar-refractivity contribution in [3.05, 3.63) is 83.2 Å². The van der Waals surface area contributed by atoms with E-state index in [9.17, 15) is 5.26 Å². The van der Waals surface area contributed by atoms with Crippen molar-refractivity contribution in [2.45, 2.75) is 39.0 Å². The zero-order valence-corrected chi connectivity index (χ0v) is 20.4. The second-order valence-electron chi connectivity index (χ2n) is 9.24. The van der Waals surface area contributed by atoms with Gasteiger partial charge in [-0.2, -0.15) is 14.9 Å². The van der Waals surface area contributed by atoms with Gasteiger partial charge in [0, 0.05) is 31.1 Å². The largest absolute Gasteiger partial charge is 0.368 e. The minimum Gasteiger partial charge on any atom is -0.368 e. The lowest BCUT2D eigenvalue weighted by atomic mass is 9.96. The Morgan fingerprint density at radius 2 is 1.83 bits per heavy atom. The molecule has 1 saturated heterocycles. The summed E-state index contributed by atoms with van der Waals surface area (Å²) >= 11 is 0. The molecule has 1 aliphatic heterocycles. The van der Waals surface area contributed by atoms with Crippen molar-refractivity contribution in [3.8, 4) is 17.2 Å². The number of hydrogen-bond donors (Lipinski definition) is 1. The summed E-state index contributed by atoms with van der Waals surface area (Å²) in [5.41, 5.74) is 7.20. The smallest absolute Gasteiger partial charge is 0.157 e. The van der Waals surface area contributed by atoms with Crippen molar-refractivity contribution >= 4 is 11.5 Å². The highest BCUT2D eigenvalue weighted by Gasteiger charge is 2.17. The molecular weight excluding hydrogens is 432 g/mol. The Morgan fingerprint density at radius 3 is 2.60 bits per heavy atom. The van der Waals surface area contributed by atoms with E-state index in [2.05, 4.69) is 52.6 Å². The van der Waals surface area contributed by atoms with Crippen LogP contribution in [0.5, 0.6) is 0 Å². The summed E-state index contributed by atoms with van der Waals surface area (Å²) in [5.74, 6) is 1.06. The average molecular weight is 465 g/mol. The van der Waals surface area contributed by atoms with E-state index in [-0.39, 0.29) is 0 Å². The van der Waals surface area contributed by atoms with Gasteiger partial charge in [0.25, 0.3) is 0 Å². The quantitative estimate of drug-likeness (QED) is 0.363. The van der Waals surface area contributed by atoms with Crippen molar-refractivity contribution in [1.82, 2.24) is 19.5 Å². The van der Waals surface area contributed by atoms with Crippen LogP contribution in [0.1, 0.15) is 48.6 Å². The van der Waals surface area contributed by atoms with E-state index in [1.165, 1.54) is 37.1 Å². The van der Waals surface area contributed by atoms with Gasteiger partial charge in [0.15, 0.2) is 5.65 Å². The van der Waals surface area contributed by atoms with Crippen LogP contribution in [-0.2, 0) is 12.8 Å². The second kappa shape index (κ2) is 10.7. The molecule has 0 saturated carbocycles. The molecule has 1 fully saturated rings. The lowest BCUT2D eigenvalue weighted by Gasteiger charge is -2.20. The van der Waals surface area contributed by atoms with Crippen LogP contribution in [0.2, 0.25) is 0 Å². The second-order valence-corrected chi connectivity index (χ2v) is 9.24. The highest BCUT2D eigenvalue weighted by atomic mass is 15.3. The van der Waals surface area contributed by atoms with Crippen LogP contribution in [0.15, 0.2) is 60.8 Å². The molecule has 1 aliphatic rings. The average Bonchev–Trinajstić information content (AvgIpc) is 3.58. The monoisotopic (exact) mass is 464 g/mol. The first-order valence-corrected chi connectivity index (χ1v) is 12.7. The van der Waals surface area contributed by atoms with E-state index in [1.807, 2.05) is 41.0 Å². The van der Waals surface area contributed by atoms with Crippen LogP contribution >= 0.6 is 0 Å². The molecule has 5 rings (SSSR count). The molecule has 0 spiro atoms. The summed E-state index contributed by atoms with van der Waals surface area (Å²) in [7, 11) is 0. The molecule has 0 radical (unpaired) electrons. The maximum absolute atomic E-state index is 9.47. The third-order valence-electron chi connectivity index (χ3n) is 6.82. The molecular formula is C29H32N6. The van der Waals surface area contributed by atoms with Crippen LogP contribution in [0.4, 0.5) is 5.82 Å². The van der Waals surface area contributed by atoms with Gasteiger partial charge in [-0.1, -0.05) is 55.8 Å². The predicted molar refractivity (Wildman–Crippen MR) is 141 cm³/mol. The maximum atomic E-state index is 9.47. The molecule has 3 heterocycles. The minimum absolute atomic E-state index is 0.698. The number of aryl methyl sites for hydroxylation is 1. The third-order valence-corrected chi connectivity index (χ3v) is 6.82. The van der Waals surface area contributed by atoms with Crippen LogP contribution in [0, 0.1) is 11.3 Å². The first-order chi connectivity index (χ1) is 17.3. The van der Waals surface area contributed by atoms with Crippen LogP contribution in [-0.4, -0.2) is 45.7 Å². The molecule has 0 atom stereocenters. The summed E-state index contributed by atoms with van der Waals surface area (Å²) < 4.78 is 1.95. The molecule has 6 heteroatoms. The molecule has 0 amide bonds. The zero-order chi connectivity index (χ0) is 24.0. The fourth-order valence-electron chi connectivity index (χ4n) is 5.01. The topological polar surface area (TPSA) is 69.2 Å². The standard InChI is InChI=1S/C29H32N6/c1-2-7-27-26(20-22-10-12-23(13-11-22)25-9-4-3-8-24(25)21-30)29(35-28(33-27)14-15-32-35)31-16-19-34-17-5-6-18-34/h3-4,8-15,31H,2,5-7,16-20H2,1H3. The van der Waals surface area contributed by atoms with Gasteiger partial charge in [-0.15, -0.1) is 0 Å². The molecule has 0 bridgehead atoms. The van der Waals surface area contributed by atoms with Gasteiger partial charge in [-0.3, -0.25) is 0 Å². The van der Waals surface area contributed by atoms with E-state index in [4.69, 9.17) is 4.98 Å². The molecule has 0 aliphatic carbocycles. The number of benzene rings is 2. The van der Waals surface area contributed by atoms with Crippen LogP contribution < -0.4 is 5.32 Å². The number of hydrogen-bond acceptors (Lipinski definition) is 5. The summed E-state index contributed by atoms with van der Waals surface area (Å²) in [6.07, 6.45) is 7.20. The van der Waals surface area contributed by atoms with Crippen molar-refractivity contribution < 1.29 is 0 Å². The van der Waals surface area contributed by atoms with Gasteiger partial charge in [0.2, 0.25) is 0 Å². The summed E-state index contributed by atoms with van der Waals surface area (Å²) in [4.78, 5) is 7.50. The van der Waals surface area contributed by atoms with Gasteiger partial charge < -0.3 is 10.2 Å². The van der Waals surface area contributed by atoms with E-state index in [0.717, 1.165) is 60.6 Å². The molecule has 1 N–H and O–H groups in total. The van der Waals surface area contributed by atoms with Gasteiger partial charge in [0.1, 0.15) is 5.82 Å². The van der Waals surface area contributed by atoms with E-state index in [0.29, 0.717) is 5.56 Å². The number of likely N-dealkylation sites (tertiary alicyclic amines) is 1. The van der Waals surface area contributed by atoms with E-state index < -0.39 is 0 Å². The van der Waals surface area contributed by atoms with Gasteiger partial charge in [0.05, 0.1) is 23.5 Å². The highest BCUT2D eigenvalue weighted by Crippen LogP contribution is 2.27. The first kappa shape index (κ1) is 23.1. The number of rotatable bonds is 9. The Kier molecular flexibility index (Phi) is 7.06. The number of anilines is 1. The lowest BCUT2D eigenvalue weighted by Crippen LogP contribution is -2.27. The predicted octanol–water partition coefficient (Wildman–Crippen LogP) is 5.32. The molecule has 35 heavy (non-hydrogen) atoms. The Labute approximate surface area is 207 Å². The first-order valence-electron chi connectivity index (χ1n) is 12.7. The lowest BCUT2D eigenvalue weighted by molar-refractivity contribution is 0.352. The molecule has 4 aromatic rings. The van der Waals surface area contributed by atoms with Gasteiger partial charge in [-0.05, 0) is 55.1 Å². The van der Waals surface area contributed by atoms with E-state index in [1.54, 1.807) is 0 Å². The maximum Gasteiger partial charge on any atom is 0.157 e.